The van der Waals surface area contributed by atoms with Crippen molar-refractivity contribution < 1.29 is 19.1 Å². The molecule has 0 aliphatic rings. The number of benzene rings is 1. The van der Waals surface area contributed by atoms with Crippen LogP contribution >= 0.6 is 0 Å². The highest BCUT2D eigenvalue weighted by molar-refractivity contribution is 5.78. The molecule has 112 valence electrons. The maximum atomic E-state index is 12.2. The zero-order valence-electron chi connectivity index (χ0n) is 12.3. The first kappa shape index (κ1) is 15.1. The van der Waals surface area contributed by atoms with Crippen LogP contribution in [0.15, 0.2) is 33.5 Å². The Labute approximate surface area is 122 Å². The first-order valence-electron chi connectivity index (χ1n) is 6.77. The summed E-state index contributed by atoms with van der Waals surface area (Å²) in [5.41, 5.74) is -0.0896. The van der Waals surface area contributed by atoms with Crippen molar-refractivity contribution in [1.29, 1.82) is 0 Å². The quantitative estimate of drug-likeness (QED) is 0.876. The third kappa shape index (κ3) is 2.91. The average molecular weight is 290 g/mol. The van der Waals surface area contributed by atoms with Crippen molar-refractivity contribution in [3.8, 4) is 5.75 Å². The second kappa shape index (κ2) is 5.99. The Kier molecular flexibility index (Phi) is 4.31. The maximum Gasteiger partial charge on any atom is 0.306 e. The molecule has 1 aromatic carbocycles. The van der Waals surface area contributed by atoms with Gasteiger partial charge in [0.15, 0.2) is 5.76 Å². The van der Waals surface area contributed by atoms with E-state index in [2.05, 4.69) is 4.74 Å². The van der Waals surface area contributed by atoms with Crippen LogP contribution in [0.4, 0.5) is 0 Å². The van der Waals surface area contributed by atoms with Crippen molar-refractivity contribution in [2.45, 2.75) is 26.2 Å². The van der Waals surface area contributed by atoms with Crippen LogP contribution in [0.5, 0.6) is 5.75 Å². The fraction of sp³-hybridized carbons (Fsp3) is 0.375. The Hall–Kier alpha value is -2.30. The van der Waals surface area contributed by atoms with Crippen molar-refractivity contribution in [1.82, 2.24) is 0 Å². The summed E-state index contributed by atoms with van der Waals surface area (Å²) in [5.74, 6) is -1.13. The van der Waals surface area contributed by atoms with Gasteiger partial charge >= 0.3 is 5.97 Å². The van der Waals surface area contributed by atoms with E-state index in [4.69, 9.17) is 4.42 Å². The summed E-state index contributed by atoms with van der Waals surface area (Å²) in [4.78, 5) is 23.7. The highest BCUT2D eigenvalue weighted by atomic mass is 16.5. The number of esters is 1. The number of methoxy groups -OCH3 is 1. The number of aromatic hydroxyl groups is 1. The lowest BCUT2D eigenvalue weighted by atomic mass is 9.89. The van der Waals surface area contributed by atoms with E-state index in [0.717, 1.165) is 0 Å². The number of para-hydroxylation sites is 1. The Morgan fingerprint density at radius 1 is 1.33 bits per heavy atom. The van der Waals surface area contributed by atoms with Crippen LogP contribution in [0.25, 0.3) is 11.0 Å². The van der Waals surface area contributed by atoms with Crippen LogP contribution in [-0.2, 0) is 9.53 Å². The van der Waals surface area contributed by atoms with Gasteiger partial charge in [0, 0.05) is 5.92 Å². The summed E-state index contributed by atoms with van der Waals surface area (Å²) in [6.07, 6.45) is 0.0446. The molecule has 0 amide bonds. The summed E-state index contributed by atoms with van der Waals surface area (Å²) in [6.45, 7) is 3.78. The molecule has 0 bridgehead atoms. The van der Waals surface area contributed by atoms with E-state index in [1.54, 1.807) is 24.3 Å². The molecule has 0 saturated heterocycles. The second-order valence-corrected chi connectivity index (χ2v) is 5.27. The van der Waals surface area contributed by atoms with Gasteiger partial charge in [0.25, 0.3) is 0 Å². The van der Waals surface area contributed by atoms with Gasteiger partial charge in [-0.25, -0.2) is 0 Å². The minimum atomic E-state index is -0.484. The number of rotatable bonds is 4. The monoisotopic (exact) mass is 290 g/mol. The minimum Gasteiger partial charge on any atom is -0.502 e. The van der Waals surface area contributed by atoms with Gasteiger partial charge in [-0.1, -0.05) is 26.0 Å². The Bertz CT molecular complexity index is 714. The van der Waals surface area contributed by atoms with Crippen LogP contribution in [0, 0.1) is 5.92 Å². The second-order valence-electron chi connectivity index (χ2n) is 5.27. The van der Waals surface area contributed by atoms with E-state index < -0.39 is 23.1 Å². The van der Waals surface area contributed by atoms with Gasteiger partial charge in [0.1, 0.15) is 5.58 Å². The van der Waals surface area contributed by atoms with Crippen molar-refractivity contribution in [2.75, 3.05) is 7.11 Å². The van der Waals surface area contributed by atoms with Crippen LogP contribution in [-0.4, -0.2) is 18.2 Å². The summed E-state index contributed by atoms with van der Waals surface area (Å²) in [6, 6.07) is 6.70. The average Bonchev–Trinajstić information content (AvgIpc) is 2.48. The lowest BCUT2D eigenvalue weighted by molar-refractivity contribution is -0.141. The molecule has 0 unspecified atom stereocenters. The molecule has 21 heavy (non-hydrogen) atoms. The lowest BCUT2D eigenvalue weighted by Crippen LogP contribution is -2.16. The van der Waals surface area contributed by atoms with Gasteiger partial charge < -0.3 is 14.3 Å². The smallest absolute Gasteiger partial charge is 0.306 e. The van der Waals surface area contributed by atoms with E-state index in [1.807, 2.05) is 13.8 Å². The van der Waals surface area contributed by atoms with E-state index in [-0.39, 0.29) is 18.1 Å². The summed E-state index contributed by atoms with van der Waals surface area (Å²) >= 11 is 0. The predicted molar refractivity (Wildman–Crippen MR) is 78.4 cm³/mol. The van der Waals surface area contributed by atoms with Crippen LogP contribution in [0.1, 0.15) is 31.9 Å². The SMILES string of the molecule is COC(=O)C[C@H](c1oc2ccccc2c(=O)c1O)C(C)C. The molecular formula is C16H18O5. The van der Waals surface area contributed by atoms with Crippen molar-refractivity contribution in [2.24, 2.45) is 5.92 Å². The Balaban J connectivity index is 2.60. The van der Waals surface area contributed by atoms with Crippen LogP contribution < -0.4 is 5.43 Å². The number of fused-ring (bicyclic) bond motifs is 1. The van der Waals surface area contributed by atoms with Crippen LogP contribution in [0.3, 0.4) is 0 Å². The maximum absolute atomic E-state index is 12.2. The first-order chi connectivity index (χ1) is 9.95. The summed E-state index contributed by atoms with van der Waals surface area (Å²) in [7, 11) is 1.30. The van der Waals surface area contributed by atoms with Crippen molar-refractivity contribution in [3.05, 3.63) is 40.2 Å². The molecule has 1 atom stereocenters. The normalized spacial score (nSPS) is 12.6. The zero-order valence-corrected chi connectivity index (χ0v) is 12.3. The Morgan fingerprint density at radius 3 is 2.62 bits per heavy atom. The number of hydrogen-bond acceptors (Lipinski definition) is 5. The topological polar surface area (TPSA) is 76.7 Å². The fourth-order valence-electron chi connectivity index (χ4n) is 2.29. The molecule has 2 aromatic rings. The molecule has 0 spiro atoms. The van der Waals surface area contributed by atoms with Gasteiger partial charge in [0.2, 0.25) is 11.2 Å². The van der Waals surface area contributed by atoms with Crippen molar-refractivity contribution in [3.63, 3.8) is 0 Å². The molecule has 0 radical (unpaired) electrons. The highest BCUT2D eigenvalue weighted by Crippen LogP contribution is 2.34. The number of carbonyl (C=O) groups excluding carboxylic acids is 1. The molecule has 1 N–H and O–H groups in total. The fourth-order valence-corrected chi connectivity index (χ4v) is 2.29. The number of carbonyl (C=O) groups is 1. The molecule has 0 saturated carbocycles. The molecule has 1 heterocycles. The number of ether oxygens (including phenoxy) is 1. The van der Waals surface area contributed by atoms with E-state index >= 15 is 0 Å². The van der Waals surface area contributed by atoms with Crippen LogP contribution in [0.2, 0.25) is 0 Å². The third-order valence-electron chi connectivity index (χ3n) is 3.56. The molecule has 0 aliphatic carbocycles. The Morgan fingerprint density at radius 2 is 2.00 bits per heavy atom. The standard InChI is InChI=1S/C16H18O5/c1-9(2)11(8-13(17)20-3)16-15(19)14(18)10-6-4-5-7-12(10)21-16/h4-7,9,11,19H,8H2,1-3H3/t11-/m0/s1. The molecule has 1 aromatic heterocycles. The molecule has 0 fully saturated rings. The minimum absolute atomic E-state index is 0.000637. The molecule has 0 aliphatic heterocycles. The van der Waals surface area contributed by atoms with Gasteiger partial charge in [0.05, 0.1) is 18.9 Å². The largest absolute Gasteiger partial charge is 0.502 e. The van der Waals surface area contributed by atoms with Gasteiger partial charge in [-0.3, -0.25) is 9.59 Å². The van der Waals surface area contributed by atoms with E-state index in [9.17, 15) is 14.7 Å². The van der Waals surface area contributed by atoms with Gasteiger partial charge in [-0.2, -0.15) is 0 Å². The van der Waals surface area contributed by atoms with Gasteiger partial charge in [-0.15, -0.1) is 0 Å². The number of hydrogen-bond donors (Lipinski definition) is 1. The summed E-state index contributed by atoms with van der Waals surface area (Å²) < 4.78 is 10.4. The summed E-state index contributed by atoms with van der Waals surface area (Å²) in [5, 5.41) is 10.5. The van der Waals surface area contributed by atoms with E-state index in [0.29, 0.717) is 11.0 Å². The third-order valence-corrected chi connectivity index (χ3v) is 3.56. The molecule has 5 heteroatoms. The molecule has 2 rings (SSSR count). The van der Waals surface area contributed by atoms with Crippen molar-refractivity contribution >= 4 is 16.9 Å². The lowest BCUT2D eigenvalue weighted by Gasteiger charge is -2.19. The highest BCUT2D eigenvalue weighted by Gasteiger charge is 2.27. The molecular weight excluding hydrogens is 272 g/mol. The molecule has 5 nitrogen and oxygen atoms in total. The van der Waals surface area contributed by atoms with Gasteiger partial charge in [-0.05, 0) is 18.1 Å². The zero-order chi connectivity index (χ0) is 15.6. The first-order valence-corrected chi connectivity index (χ1v) is 6.77. The van der Waals surface area contributed by atoms with E-state index in [1.165, 1.54) is 7.11 Å². The predicted octanol–water partition coefficient (Wildman–Crippen LogP) is 2.80.